The fourth-order valence-electron chi connectivity index (χ4n) is 2.88. The molecule has 0 saturated heterocycles. The molecule has 0 aliphatic heterocycles. The van der Waals surface area contributed by atoms with E-state index < -0.39 is 0 Å². The van der Waals surface area contributed by atoms with Crippen LogP contribution in [0, 0.1) is 0 Å². The number of nitrogens with one attached hydrogen (secondary N) is 1. The van der Waals surface area contributed by atoms with E-state index in [0.29, 0.717) is 11.5 Å². The van der Waals surface area contributed by atoms with Crippen molar-refractivity contribution in [2.24, 2.45) is 0 Å². The molecule has 0 aliphatic rings. The van der Waals surface area contributed by atoms with Gasteiger partial charge in [0.2, 0.25) is 0 Å². The Bertz CT molecular complexity index is 1130. The van der Waals surface area contributed by atoms with Gasteiger partial charge in [0.05, 0.1) is 18.3 Å². The molecule has 25 heavy (non-hydrogen) atoms. The van der Waals surface area contributed by atoms with E-state index in [4.69, 9.17) is 4.74 Å². The third kappa shape index (κ3) is 2.40. The van der Waals surface area contributed by atoms with Gasteiger partial charge in [0.15, 0.2) is 11.5 Å². The summed E-state index contributed by atoms with van der Waals surface area (Å²) in [6.07, 6.45) is 0. The number of aromatic nitrogens is 4. The van der Waals surface area contributed by atoms with E-state index >= 15 is 0 Å². The second kappa shape index (κ2) is 5.62. The first-order valence-electron chi connectivity index (χ1n) is 7.82. The molecule has 2 aromatic carbocycles. The molecule has 126 valence electrons. The molecule has 7 nitrogen and oxygen atoms in total. The molecule has 7 heteroatoms. The number of rotatable bonds is 3. The molecule has 0 radical (unpaired) electrons. The quantitative estimate of drug-likeness (QED) is 0.622. The van der Waals surface area contributed by atoms with Crippen molar-refractivity contribution in [1.29, 1.82) is 0 Å². The van der Waals surface area contributed by atoms with Gasteiger partial charge in [0, 0.05) is 25.0 Å². The lowest BCUT2D eigenvalue weighted by atomic mass is 10.2. The number of hydrogen-bond acceptors (Lipinski definition) is 5. The molecule has 0 bridgehead atoms. The average Bonchev–Trinajstić information content (AvgIpc) is 3.07. The Morgan fingerprint density at radius 3 is 2.56 bits per heavy atom. The zero-order valence-electron chi connectivity index (χ0n) is 14.1. The molecule has 4 aromatic rings. The van der Waals surface area contributed by atoms with E-state index in [1.54, 1.807) is 7.11 Å². The number of ether oxygens (including phenoxy) is 1. The summed E-state index contributed by atoms with van der Waals surface area (Å²) in [4.78, 5) is 21.9. The highest BCUT2D eigenvalue weighted by molar-refractivity contribution is 5.98. The maximum atomic E-state index is 12.5. The third-order valence-electron chi connectivity index (χ3n) is 4.14. The Kier molecular flexibility index (Phi) is 3.42. The van der Waals surface area contributed by atoms with Crippen LogP contribution in [0.25, 0.3) is 27.9 Å². The Hall–Kier alpha value is -3.35. The maximum Gasteiger partial charge on any atom is 0.348 e. The average molecular weight is 335 g/mol. The van der Waals surface area contributed by atoms with Gasteiger partial charge in [-0.05, 0) is 36.4 Å². The molecular weight excluding hydrogens is 318 g/mol. The Morgan fingerprint density at radius 1 is 1.12 bits per heavy atom. The van der Waals surface area contributed by atoms with Crippen molar-refractivity contribution in [2.45, 2.75) is 0 Å². The van der Waals surface area contributed by atoms with Crippen molar-refractivity contribution < 1.29 is 4.74 Å². The molecule has 0 aliphatic carbocycles. The minimum atomic E-state index is -0.316. The number of H-pyrrole nitrogens is 1. The van der Waals surface area contributed by atoms with Crippen molar-refractivity contribution >= 4 is 22.2 Å². The Labute approximate surface area is 143 Å². The normalized spacial score (nSPS) is 11.2. The molecule has 0 atom stereocenters. The van der Waals surface area contributed by atoms with Crippen LogP contribution in [0.2, 0.25) is 0 Å². The standard InChI is InChI=1S/C18H17N5O2/c1-22(2)14-6-4-5-13-15(14)19-18(24)23-17(13)20-16(21-23)11-7-9-12(25-3)10-8-11/h4-10H,1-3H3,(H,19,24). The fourth-order valence-corrected chi connectivity index (χ4v) is 2.88. The van der Waals surface area contributed by atoms with Gasteiger partial charge in [-0.25, -0.2) is 9.78 Å². The van der Waals surface area contributed by atoms with E-state index in [2.05, 4.69) is 15.1 Å². The summed E-state index contributed by atoms with van der Waals surface area (Å²) < 4.78 is 6.48. The van der Waals surface area contributed by atoms with Crippen LogP contribution in [-0.4, -0.2) is 40.8 Å². The summed E-state index contributed by atoms with van der Waals surface area (Å²) in [5.41, 5.74) is 2.71. The number of fused-ring (bicyclic) bond motifs is 3. The number of para-hydroxylation sites is 1. The van der Waals surface area contributed by atoms with Gasteiger partial charge >= 0.3 is 5.69 Å². The Morgan fingerprint density at radius 2 is 1.88 bits per heavy atom. The topological polar surface area (TPSA) is 75.5 Å². The molecule has 0 amide bonds. The zero-order valence-corrected chi connectivity index (χ0v) is 14.1. The number of anilines is 1. The smallest absolute Gasteiger partial charge is 0.348 e. The van der Waals surface area contributed by atoms with Gasteiger partial charge in [-0.2, -0.15) is 4.52 Å². The van der Waals surface area contributed by atoms with Crippen molar-refractivity contribution in [3.05, 3.63) is 52.9 Å². The van der Waals surface area contributed by atoms with Crippen LogP contribution in [0.5, 0.6) is 5.75 Å². The molecular formula is C18H17N5O2. The van der Waals surface area contributed by atoms with E-state index in [0.717, 1.165) is 27.9 Å². The van der Waals surface area contributed by atoms with Crippen LogP contribution in [0.15, 0.2) is 47.3 Å². The van der Waals surface area contributed by atoms with Crippen molar-refractivity contribution in [1.82, 2.24) is 19.6 Å². The molecule has 0 fully saturated rings. The highest BCUT2D eigenvalue weighted by Crippen LogP contribution is 2.26. The summed E-state index contributed by atoms with van der Waals surface area (Å²) in [5.74, 6) is 1.25. The maximum absolute atomic E-state index is 12.5. The third-order valence-corrected chi connectivity index (χ3v) is 4.14. The van der Waals surface area contributed by atoms with Gasteiger partial charge in [0.25, 0.3) is 0 Å². The number of aromatic amines is 1. The predicted octanol–water partition coefficient (Wildman–Crippen LogP) is 2.31. The number of hydrogen-bond donors (Lipinski definition) is 1. The van der Waals surface area contributed by atoms with Crippen LogP contribution in [0.4, 0.5) is 5.69 Å². The number of benzene rings is 2. The summed E-state index contributed by atoms with van der Waals surface area (Å²) in [6.45, 7) is 0. The lowest BCUT2D eigenvalue weighted by Crippen LogP contribution is -2.19. The number of methoxy groups -OCH3 is 1. The Balaban J connectivity index is 1.98. The SMILES string of the molecule is COc1ccc(-c2nc3c4cccc(N(C)C)c4[nH]c(=O)n3n2)cc1. The van der Waals surface area contributed by atoms with Crippen molar-refractivity contribution in [3.63, 3.8) is 0 Å². The second-order valence-corrected chi connectivity index (χ2v) is 5.92. The van der Waals surface area contributed by atoms with E-state index in [1.807, 2.05) is 61.5 Å². The first kappa shape index (κ1) is 15.2. The lowest BCUT2D eigenvalue weighted by Gasteiger charge is -2.14. The second-order valence-electron chi connectivity index (χ2n) is 5.92. The van der Waals surface area contributed by atoms with Gasteiger partial charge < -0.3 is 14.6 Å². The van der Waals surface area contributed by atoms with Gasteiger partial charge in [-0.1, -0.05) is 6.07 Å². The van der Waals surface area contributed by atoms with Crippen molar-refractivity contribution in [2.75, 3.05) is 26.1 Å². The van der Waals surface area contributed by atoms with E-state index in [-0.39, 0.29) is 5.69 Å². The fraction of sp³-hybridized carbons (Fsp3) is 0.167. The van der Waals surface area contributed by atoms with E-state index in [1.165, 1.54) is 4.52 Å². The van der Waals surface area contributed by atoms with E-state index in [9.17, 15) is 4.79 Å². The van der Waals surface area contributed by atoms with Crippen LogP contribution in [0.3, 0.4) is 0 Å². The molecule has 4 rings (SSSR count). The summed E-state index contributed by atoms with van der Waals surface area (Å²) >= 11 is 0. The van der Waals surface area contributed by atoms with Gasteiger partial charge in [-0.3, -0.25) is 0 Å². The first-order valence-corrected chi connectivity index (χ1v) is 7.82. The molecule has 0 saturated carbocycles. The summed E-state index contributed by atoms with van der Waals surface area (Å²) in [6, 6.07) is 13.2. The largest absolute Gasteiger partial charge is 0.497 e. The highest BCUT2D eigenvalue weighted by Gasteiger charge is 2.14. The minimum absolute atomic E-state index is 0.316. The van der Waals surface area contributed by atoms with Gasteiger partial charge in [-0.15, -0.1) is 5.10 Å². The van der Waals surface area contributed by atoms with Gasteiger partial charge in [0.1, 0.15) is 5.75 Å². The van der Waals surface area contributed by atoms with Crippen LogP contribution >= 0.6 is 0 Å². The van der Waals surface area contributed by atoms with Crippen LogP contribution < -0.4 is 15.3 Å². The number of nitrogens with zero attached hydrogens (tertiary/aromatic N) is 4. The molecule has 0 spiro atoms. The molecule has 2 heterocycles. The summed E-state index contributed by atoms with van der Waals surface area (Å²) in [7, 11) is 5.49. The minimum Gasteiger partial charge on any atom is -0.497 e. The highest BCUT2D eigenvalue weighted by atomic mass is 16.5. The molecule has 1 N–H and O–H groups in total. The van der Waals surface area contributed by atoms with Crippen molar-refractivity contribution in [3.8, 4) is 17.1 Å². The lowest BCUT2D eigenvalue weighted by molar-refractivity contribution is 0.415. The zero-order chi connectivity index (χ0) is 17.6. The monoisotopic (exact) mass is 335 g/mol. The van der Waals surface area contributed by atoms with Crippen LogP contribution in [-0.2, 0) is 0 Å². The molecule has 2 aromatic heterocycles. The first-order chi connectivity index (χ1) is 12.1. The molecule has 0 unspecified atom stereocenters. The predicted molar refractivity (Wildman–Crippen MR) is 97.4 cm³/mol. The van der Waals surface area contributed by atoms with Crippen LogP contribution in [0.1, 0.15) is 0 Å². The summed E-state index contributed by atoms with van der Waals surface area (Å²) in [5, 5.41) is 5.22.